The highest BCUT2D eigenvalue weighted by Crippen LogP contribution is 2.46. The third-order valence-corrected chi connectivity index (χ3v) is 6.54. The van der Waals surface area contributed by atoms with Gasteiger partial charge in [-0.3, -0.25) is 9.69 Å². The molecule has 25 heavy (non-hydrogen) atoms. The minimum absolute atomic E-state index is 0.0623. The van der Waals surface area contributed by atoms with E-state index in [9.17, 15) is 4.79 Å². The van der Waals surface area contributed by atoms with Gasteiger partial charge in [0.1, 0.15) is 8.07 Å². The fraction of sp³-hybridized carbons (Fsp3) is 0.571. The predicted molar refractivity (Wildman–Crippen MR) is 104 cm³/mol. The number of fused-ring (bicyclic) bond motifs is 2. The van der Waals surface area contributed by atoms with Gasteiger partial charge in [-0.05, 0) is 44.0 Å². The zero-order valence-electron chi connectivity index (χ0n) is 16.0. The van der Waals surface area contributed by atoms with Crippen molar-refractivity contribution >= 4 is 14.0 Å². The predicted octanol–water partition coefficient (Wildman–Crippen LogP) is 3.65. The van der Waals surface area contributed by atoms with Crippen molar-refractivity contribution in [2.75, 3.05) is 14.2 Å². The number of hydrogen-bond donors (Lipinski definition) is 0. The van der Waals surface area contributed by atoms with Gasteiger partial charge in [0, 0.05) is 23.6 Å². The third-order valence-electron chi connectivity index (χ3n) is 5.66. The molecule has 0 radical (unpaired) electrons. The van der Waals surface area contributed by atoms with E-state index in [2.05, 4.69) is 67.3 Å². The van der Waals surface area contributed by atoms with Crippen LogP contribution in [-0.2, 0) is 9.53 Å². The number of benzene rings is 1. The number of rotatable bonds is 2. The average molecular weight is 356 g/mol. The van der Waals surface area contributed by atoms with E-state index in [4.69, 9.17) is 4.74 Å². The Morgan fingerprint density at radius 1 is 1.20 bits per heavy atom. The Labute approximate surface area is 152 Å². The summed E-state index contributed by atoms with van der Waals surface area (Å²) in [5, 5.41) is 0. The molecule has 2 saturated heterocycles. The van der Waals surface area contributed by atoms with E-state index < -0.39 is 8.07 Å². The van der Waals surface area contributed by atoms with Gasteiger partial charge < -0.3 is 4.74 Å². The largest absolute Gasteiger partial charge is 0.469 e. The summed E-state index contributed by atoms with van der Waals surface area (Å²) < 4.78 is 5.16. The number of carbonyl (C=O) groups is 1. The van der Waals surface area contributed by atoms with Gasteiger partial charge in [0.25, 0.3) is 0 Å². The molecule has 2 unspecified atom stereocenters. The van der Waals surface area contributed by atoms with Gasteiger partial charge in [0.2, 0.25) is 0 Å². The molecule has 0 spiro atoms. The summed E-state index contributed by atoms with van der Waals surface area (Å²) in [7, 11) is 2.30. The van der Waals surface area contributed by atoms with E-state index in [1.165, 1.54) is 19.1 Å². The van der Waals surface area contributed by atoms with Gasteiger partial charge in [0.15, 0.2) is 0 Å². The molecule has 2 fully saturated rings. The number of ether oxygens (including phenoxy) is 1. The fourth-order valence-electron chi connectivity index (χ4n) is 4.34. The van der Waals surface area contributed by atoms with E-state index in [1.54, 1.807) is 0 Å². The van der Waals surface area contributed by atoms with E-state index in [-0.39, 0.29) is 17.8 Å². The molecule has 4 heteroatoms. The second-order valence-electron chi connectivity index (χ2n) is 8.48. The van der Waals surface area contributed by atoms with Gasteiger partial charge >= 0.3 is 5.97 Å². The van der Waals surface area contributed by atoms with Gasteiger partial charge in [0.05, 0.1) is 13.0 Å². The highest BCUT2D eigenvalue weighted by Gasteiger charge is 2.49. The van der Waals surface area contributed by atoms with Crippen LogP contribution in [0.5, 0.6) is 0 Å². The summed E-state index contributed by atoms with van der Waals surface area (Å²) in [5.74, 6) is 3.43. The summed E-state index contributed by atoms with van der Waals surface area (Å²) in [4.78, 5) is 14.9. The SMILES string of the molecule is COC(=O)C1C2CC[C@H](C[C@@H]1c1ccc(C#C[Si](C)(C)C)cc1)N2C. The van der Waals surface area contributed by atoms with Gasteiger partial charge in [-0.2, -0.15) is 0 Å². The molecule has 0 saturated carbocycles. The van der Waals surface area contributed by atoms with Crippen molar-refractivity contribution in [3.63, 3.8) is 0 Å². The van der Waals surface area contributed by atoms with Crippen molar-refractivity contribution in [2.45, 2.75) is 56.9 Å². The first-order chi connectivity index (χ1) is 11.8. The van der Waals surface area contributed by atoms with Crippen molar-refractivity contribution in [1.82, 2.24) is 4.90 Å². The number of hydrogen-bond acceptors (Lipinski definition) is 3. The molecule has 2 aliphatic rings. The monoisotopic (exact) mass is 355 g/mol. The van der Waals surface area contributed by atoms with Crippen LogP contribution in [0.1, 0.15) is 36.3 Å². The summed E-state index contributed by atoms with van der Waals surface area (Å²) >= 11 is 0. The molecule has 0 aliphatic carbocycles. The molecule has 0 N–H and O–H groups in total. The second-order valence-corrected chi connectivity index (χ2v) is 13.2. The Bertz CT molecular complexity index is 695. The van der Waals surface area contributed by atoms with Crippen LogP contribution in [0.25, 0.3) is 0 Å². The van der Waals surface area contributed by atoms with Crippen LogP contribution < -0.4 is 0 Å². The highest BCUT2D eigenvalue weighted by atomic mass is 28.3. The van der Waals surface area contributed by atoms with Crippen molar-refractivity contribution in [1.29, 1.82) is 0 Å². The first kappa shape index (κ1) is 18.2. The molecular weight excluding hydrogens is 326 g/mol. The highest BCUT2D eigenvalue weighted by molar-refractivity contribution is 6.83. The second kappa shape index (κ2) is 6.97. The summed E-state index contributed by atoms with van der Waals surface area (Å²) in [6.07, 6.45) is 3.31. The lowest BCUT2D eigenvalue weighted by Crippen LogP contribution is -2.49. The molecule has 2 aliphatic heterocycles. The van der Waals surface area contributed by atoms with Gasteiger partial charge in [-0.25, -0.2) is 0 Å². The van der Waals surface area contributed by atoms with Crippen LogP contribution in [0.15, 0.2) is 24.3 Å². The maximum atomic E-state index is 12.5. The lowest BCUT2D eigenvalue weighted by Gasteiger charge is -2.41. The van der Waals surface area contributed by atoms with E-state index in [1.807, 2.05) is 0 Å². The zero-order chi connectivity index (χ0) is 18.2. The fourth-order valence-corrected chi connectivity index (χ4v) is 4.86. The molecule has 0 amide bonds. The normalized spacial score (nSPS) is 29.0. The molecule has 1 aromatic carbocycles. The number of nitrogens with zero attached hydrogens (tertiary/aromatic N) is 1. The Balaban J connectivity index is 1.86. The van der Waals surface area contributed by atoms with Crippen LogP contribution in [-0.4, -0.2) is 45.2 Å². The Morgan fingerprint density at radius 2 is 1.88 bits per heavy atom. The molecule has 0 aromatic heterocycles. The lowest BCUT2D eigenvalue weighted by atomic mass is 9.76. The Morgan fingerprint density at radius 3 is 2.48 bits per heavy atom. The number of esters is 1. The summed E-state index contributed by atoms with van der Waals surface area (Å²) in [6.45, 7) is 6.76. The third kappa shape index (κ3) is 3.83. The van der Waals surface area contributed by atoms with Crippen LogP contribution in [0.4, 0.5) is 0 Å². The molecule has 2 heterocycles. The maximum absolute atomic E-state index is 12.5. The molecular formula is C21H29NO2Si. The summed E-state index contributed by atoms with van der Waals surface area (Å²) in [6, 6.07) is 9.44. The quantitative estimate of drug-likeness (QED) is 0.461. The van der Waals surface area contributed by atoms with Gasteiger partial charge in [-0.15, -0.1) is 5.54 Å². The van der Waals surface area contributed by atoms with Crippen molar-refractivity contribution in [3.8, 4) is 11.5 Å². The zero-order valence-corrected chi connectivity index (χ0v) is 17.0. The van der Waals surface area contributed by atoms with Crippen molar-refractivity contribution < 1.29 is 9.53 Å². The van der Waals surface area contributed by atoms with E-state index in [0.717, 1.165) is 18.4 Å². The van der Waals surface area contributed by atoms with Gasteiger partial charge in [-0.1, -0.05) is 37.7 Å². The molecule has 2 bridgehead atoms. The molecule has 3 nitrogen and oxygen atoms in total. The average Bonchev–Trinajstić information content (AvgIpc) is 2.82. The topological polar surface area (TPSA) is 29.5 Å². The smallest absolute Gasteiger partial charge is 0.310 e. The first-order valence-corrected chi connectivity index (χ1v) is 12.7. The Kier molecular flexibility index (Phi) is 5.08. The van der Waals surface area contributed by atoms with Crippen LogP contribution >= 0.6 is 0 Å². The molecule has 4 atom stereocenters. The number of methoxy groups -OCH3 is 1. The van der Waals surface area contributed by atoms with Crippen molar-refractivity contribution in [3.05, 3.63) is 35.4 Å². The molecule has 134 valence electrons. The first-order valence-electron chi connectivity index (χ1n) is 9.23. The van der Waals surface area contributed by atoms with Crippen LogP contribution in [0, 0.1) is 17.4 Å². The summed E-state index contributed by atoms with van der Waals surface area (Å²) in [5.41, 5.74) is 5.73. The minimum atomic E-state index is -1.36. The van der Waals surface area contributed by atoms with Crippen LogP contribution in [0.2, 0.25) is 19.6 Å². The number of carbonyl (C=O) groups excluding carboxylic acids is 1. The number of piperidine rings is 1. The molecule has 3 rings (SSSR count). The molecule has 1 aromatic rings. The van der Waals surface area contributed by atoms with E-state index >= 15 is 0 Å². The maximum Gasteiger partial charge on any atom is 0.310 e. The standard InChI is InChI=1S/C21H29NO2Si/c1-22-17-10-11-19(22)20(21(23)24-2)18(14-17)16-8-6-15(7-9-16)12-13-25(3,4)5/h6-9,17-20H,10-11,14H2,1-5H3/t17-,18-,19?,20?/m1/s1. The van der Waals surface area contributed by atoms with Crippen molar-refractivity contribution in [2.24, 2.45) is 5.92 Å². The lowest BCUT2D eigenvalue weighted by molar-refractivity contribution is -0.150. The Hall–Kier alpha value is -1.57. The minimum Gasteiger partial charge on any atom is -0.469 e. The van der Waals surface area contributed by atoms with E-state index in [0.29, 0.717) is 12.1 Å². The van der Waals surface area contributed by atoms with Crippen LogP contribution in [0.3, 0.4) is 0 Å².